The molecule has 12 heteroatoms. The Labute approximate surface area is 236 Å². The maximum absolute atomic E-state index is 14.9. The summed E-state index contributed by atoms with van der Waals surface area (Å²) in [5.74, 6) is -1.70. The molecule has 6 nitrogen and oxygen atoms in total. The monoisotopic (exact) mass is 606 g/mol. The van der Waals surface area contributed by atoms with Crippen LogP contribution in [0.3, 0.4) is 0 Å². The summed E-state index contributed by atoms with van der Waals surface area (Å²) in [6.45, 7) is 2.61. The van der Waals surface area contributed by atoms with Gasteiger partial charge in [-0.2, -0.15) is 0 Å². The fourth-order valence-corrected chi connectivity index (χ4v) is 5.92. The molecular weight excluding hydrogens is 576 g/mol. The lowest BCUT2D eigenvalue weighted by Crippen LogP contribution is -2.40. The Balaban J connectivity index is 1.39. The first-order valence-electron chi connectivity index (χ1n) is 12.9. The fraction of sp³-hybridized carbons (Fsp3) is 0.519. The number of ether oxygens (including phenoxy) is 1. The van der Waals surface area contributed by atoms with Gasteiger partial charge in [0.15, 0.2) is 9.84 Å². The molecule has 0 aromatic heterocycles. The molecule has 2 aliphatic rings. The molecule has 1 saturated carbocycles. The van der Waals surface area contributed by atoms with Gasteiger partial charge in [-0.1, -0.05) is 30.1 Å². The zero-order valence-electron chi connectivity index (χ0n) is 21.4. The summed E-state index contributed by atoms with van der Waals surface area (Å²) >= 11 is 12.1. The highest BCUT2D eigenvalue weighted by Gasteiger charge is 2.34. The first-order chi connectivity index (χ1) is 18.5. The normalized spacial score (nSPS) is 17.8. The molecule has 1 saturated heterocycles. The first-order valence-corrected chi connectivity index (χ1v) is 15.5. The van der Waals surface area contributed by atoms with Crippen molar-refractivity contribution in [3.63, 3.8) is 0 Å². The zero-order valence-corrected chi connectivity index (χ0v) is 23.8. The van der Waals surface area contributed by atoms with Gasteiger partial charge in [0.1, 0.15) is 17.4 Å². The molecular formula is C27H31Cl2F3N2O4S. The zero-order chi connectivity index (χ0) is 28.3. The van der Waals surface area contributed by atoms with Gasteiger partial charge in [-0.05, 0) is 86.0 Å². The Morgan fingerprint density at radius 2 is 1.72 bits per heavy atom. The average Bonchev–Trinajstić information content (AvgIpc) is 3.72. The quantitative estimate of drug-likeness (QED) is 0.328. The molecule has 4 rings (SSSR count). The predicted molar refractivity (Wildman–Crippen MR) is 145 cm³/mol. The minimum Gasteiger partial charge on any atom is -0.493 e. The standard InChI is InChI=1S/C27H31Cl2F3N2O4S/c1-2-39(36,37)15-33-27(35)22-12-21(17-3-4-17)24(13-23(22)30)38-14-16-5-7-34(8-6-16)25(26(31)32)18-9-19(28)11-20(29)10-18/h9-13,16-17,25-26H,2-8,14-15H2,1H3,(H,33,35)/t25-/m1/s1. The number of likely N-dealkylation sites (tertiary alicyclic amines) is 1. The van der Waals surface area contributed by atoms with Crippen LogP contribution in [0.15, 0.2) is 30.3 Å². The second kappa shape index (κ2) is 12.7. The molecule has 214 valence electrons. The van der Waals surface area contributed by atoms with Crippen LogP contribution in [0.5, 0.6) is 5.75 Å². The third-order valence-electron chi connectivity index (χ3n) is 7.24. The summed E-state index contributed by atoms with van der Waals surface area (Å²) in [4.78, 5) is 14.2. The summed E-state index contributed by atoms with van der Waals surface area (Å²) in [5.41, 5.74) is 0.870. The van der Waals surface area contributed by atoms with Crippen molar-refractivity contribution >= 4 is 38.9 Å². The topological polar surface area (TPSA) is 75.7 Å². The third-order valence-corrected chi connectivity index (χ3v) is 9.14. The number of rotatable bonds is 11. The van der Waals surface area contributed by atoms with E-state index in [4.69, 9.17) is 27.9 Å². The Hall–Kier alpha value is -2.01. The number of benzene rings is 2. The number of nitrogens with zero attached hydrogens (tertiary/aromatic N) is 1. The van der Waals surface area contributed by atoms with Gasteiger partial charge in [-0.15, -0.1) is 0 Å². The number of alkyl halides is 2. The molecule has 1 atom stereocenters. The van der Waals surface area contributed by atoms with Crippen LogP contribution in [0.25, 0.3) is 0 Å². The van der Waals surface area contributed by atoms with E-state index in [-0.39, 0.29) is 29.8 Å². The molecule has 2 aromatic rings. The lowest BCUT2D eigenvalue weighted by atomic mass is 9.94. The van der Waals surface area contributed by atoms with Crippen LogP contribution >= 0.6 is 23.2 Å². The van der Waals surface area contributed by atoms with Gasteiger partial charge in [-0.25, -0.2) is 21.6 Å². The van der Waals surface area contributed by atoms with E-state index in [0.717, 1.165) is 12.8 Å². The van der Waals surface area contributed by atoms with Gasteiger partial charge in [0.2, 0.25) is 0 Å². The molecule has 0 spiro atoms. The van der Waals surface area contributed by atoms with Gasteiger partial charge in [0.05, 0.1) is 18.2 Å². The van der Waals surface area contributed by atoms with Crippen molar-refractivity contribution in [2.45, 2.75) is 51.0 Å². The Morgan fingerprint density at radius 3 is 2.28 bits per heavy atom. The van der Waals surface area contributed by atoms with Gasteiger partial charge in [0.25, 0.3) is 12.3 Å². The lowest BCUT2D eigenvalue weighted by Gasteiger charge is -2.37. The molecule has 0 radical (unpaired) electrons. The number of nitrogens with one attached hydrogen (secondary N) is 1. The first kappa shape index (κ1) is 30.0. The van der Waals surface area contributed by atoms with Crippen LogP contribution in [0, 0.1) is 11.7 Å². The molecule has 2 aromatic carbocycles. The second-order valence-electron chi connectivity index (χ2n) is 10.1. The van der Waals surface area contributed by atoms with Crippen LogP contribution in [0.2, 0.25) is 10.0 Å². The molecule has 0 bridgehead atoms. The smallest absolute Gasteiger partial charge is 0.258 e. The maximum Gasteiger partial charge on any atom is 0.258 e. The summed E-state index contributed by atoms with van der Waals surface area (Å²) < 4.78 is 72.4. The van der Waals surface area contributed by atoms with Crippen molar-refractivity contribution in [2.75, 3.05) is 31.3 Å². The highest BCUT2D eigenvalue weighted by molar-refractivity contribution is 7.91. The van der Waals surface area contributed by atoms with Crippen LogP contribution in [-0.4, -0.2) is 57.0 Å². The largest absolute Gasteiger partial charge is 0.493 e. The number of amides is 1. The molecule has 1 amide bonds. The Bertz CT molecular complexity index is 1280. The third kappa shape index (κ3) is 7.80. The van der Waals surface area contributed by atoms with Crippen molar-refractivity contribution in [2.24, 2.45) is 5.92 Å². The van der Waals surface area contributed by atoms with Crippen molar-refractivity contribution in [1.29, 1.82) is 0 Å². The van der Waals surface area contributed by atoms with Gasteiger partial charge in [0, 0.05) is 21.9 Å². The van der Waals surface area contributed by atoms with Gasteiger partial charge >= 0.3 is 0 Å². The van der Waals surface area contributed by atoms with Crippen molar-refractivity contribution < 1.29 is 31.1 Å². The maximum atomic E-state index is 14.9. The fourth-order valence-electron chi connectivity index (χ4n) is 4.82. The van der Waals surface area contributed by atoms with Crippen LogP contribution < -0.4 is 10.1 Å². The van der Waals surface area contributed by atoms with E-state index in [9.17, 15) is 26.4 Å². The molecule has 1 aliphatic heterocycles. The average molecular weight is 608 g/mol. The highest BCUT2D eigenvalue weighted by atomic mass is 35.5. The van der Waals surface area contributed by atoms with E-state index < -0.39 is 39.9 Å². The minimum absolute atomic E-state index is 0.0832. The molecule has 1 N–H and O–H groups in total. The van der Waals surface area contributed by atoms with Crippen LogP contribution in [0.4, 0.5) is 13.2 Å². The van der Waals surface area contributed by atoms with Crippen molar-refractivity contribution in [3.05, 3.63) is 62.9 Å². The number of carbonyl (C=O) groups is 1. The van der Waals surface area contributed by atoms with E-state index in [2.05, 4.69) is 5.32 Å². The molecule has 1 aliphatic carbocycles. The van der Waals surface area contributed by atoms with Crippen molar-refractivity contribution in [3.8, 4) is 5.75 Å². The van der Waals surface area contributed by atoms with E-state index in [0.29, 0.717) is 52.9 Å². The van der Waals surface area contributed by atoms with Gasteiger partial charge in [-0.3, -0.25) is 9.69 Å². The molecule has 39 heavy (non-hydrogen) atoms. The summed E-state index contributed by atoms with van der Waals surface area (Å²) in [6, 6.07) is 6.04. The van der Waals surface area contributed by atoms with Crippen LogP contribution in [0.1, 0.15) is 66.1 Å². The van der Waals surface area contributed by atoms with Gasteiger partial charge < -0.3 is 10.1 Å². The summed E-state index contributed by atoms with van der Waals surface area (Å²) in [6.07, 6.45) is 0.382. The van der Waals surface area contributed by atoms with E-state index in [1.807, 2.05) is 0 Å². The number of hydrogen-bond acceptors (Lipinski definition) is 5. The molecule has 1 heterocycles. The highest BCUT2D eigenvalue weighted by Crippen LogP contribution is 2.45. The number of hydrogen-bond donors (Lipinski definition) is 1. The van der Waals surface area contributed by atoms with E-state index in [1.165, 1.54) is 37.3 Å². The molecule has 2 fully saturated rings. The number of halogens is 5. The SMILES string of the molecule is CCS(=O)(=O)CNC(=O)c1cc(C2CC2)c(OCC2CCN([C@H](c3cc(Cl)cc(Cl)c3)C(F)F)CC2)cc1F. The number of sulfone groups is 1. The number of piperidine rings is 1. The summed E-state index contributed by atoms with van der Waals surface area (Å²) in [7, 11) is -3.45. The van der Waals surface area contributed by atoms with Crippen molar-refractivity contribution in [1.82, 2.24) is 10.2 Å². The number of carbonyl (C=O) groups excluding carboxylic acids is 1. The predicted octanol–water partition coefficient (Wildman–Crippen LogP) is 6.23. The van der Waals surface area contributed by atoms with E-state index in [1.54, 1.807) is 4.90 Å². The Morgan fingerprint density at radius 1 is 1.08 bits per heavy atom. The molecule has 0 unspecified atom stereocenters. The van der Waals surface area contributed by atoms with E-state index >= 15 is 0 Å². The Kier molecular flexibility index (Phi) is 9.73. The summed E-state index contributed by atoms with van der Waals surface area (Å²) in [5, 5.41) is 2.89. The second-order valence-corrected chi connectivity index (χ2v) is 13.3. The van der Waals surface area contributed by atoms with Crippen LogP contribution in [-0.2, 0) is 9.84 Å². The minimum atomic E-state index is -3.45. The lowest BCUT2D eigenvalue weighted by molar-refractivity contribution is 0.00318.